The zero-order valence-electron chi connectivity index (χ0n) is 15.7. The van der Waals surface area contributed by atoms with E-state index in [1.165, 1.54) is 12.1 Å². The normalized spacial score (nSPS) is 10.8. The van der Waals surface area contributed by atoms with Crippen LogP contribution >= 0.6 is 0 Å². The Labute approximate surface area is 157 Å². The predicted octanol–water partition coefficient (Wildman–Crippen LogP) is 4.08. The molecular formula is C21H23NO5. The summed E-state index contributed by atoms with van der Waals surface area (Å²) in [4.78, 5) is 11.9. The quantitative estimate of drug-likeness (QED) is 0.611. The molecule has 6 nitrogen and oxygen atoms in total. The number of hydrogen-bond acceptors (Lipinski definition) is 6. The first-order valence-corrected chi connectivity index (χ1v) is 8.89. The van der Waals surface area contributed by atoms with Gasteiger partial charge in [0.25, 0.3) is 0 Å². The number of methoxy groups -OCH3 is 1. The predicted molar refractivity (Wildman–Crippen MR) is 105 cm³/mol. The van der Waals surface area contributed by atoms with Gasteiger partial charge in [-0.15, -0.1) is 0 Å². The first-order chi connectivity index (χ1) is 13.0. The maximum Gasteiger partial charge on any atom is 0.336 e. The van der Waals surface area contributed by atoms with Gasteiger partial charge in [-0.25, -0.2) is 4.79 Å². The Kier molecular flexibility index (Phi) is 5.54. The van der Waals surface area contributed by atoms with Crippen LogP contribution in [0.2, 0.25) is 0 Å². The van der Waals surface area contributed by atoms with E-state index in [4.69, 9.17) is 13.9 Å². The number of benzene rings is 2. The van der Waals surface area contributed by atoms with Crippen molar-refractivity contribution in [3.05, 3.63) is 57.9 Å². The van der Waals surface area contributed by atoms with Crippen molar-refractivity contribution in [3.63, 3.8) is 0 Å². The number of phenols is 1. The Hall–Kier alpha value is -3.15. The molecule has 0 fully saturated rings. The molecule has 0 bridgehead atoms. The highest BCUT2D eigenvalue weighted by Crippen LogP contribution is 2.31. The first-order valence-electron chi connectivity index (χ1n) is 8.89. The molecule has 2 N–H and O–H groups in total. The number of phenolic OH excluding ortho intramolecular Hbond substituents is 1. The number of ether oxygens (including phenoxy) is 2. The Morgan fingerprint density at radius 3 is 2.59 bits per heavy atom. The van der Waals surface area contributed by atoms with Gasteiger partial charge in [0.2, 0.25) is 0 Å². The van der Waals surface area contributed by atoms with E-state index in [2.05, 4.69) is 5.32 Å². The van der Waals surface area contributed by atoms with Gasteiger partial charge in [0.05, 0.1) is 13.7 Å². The van der Waals surface area contributed by atoms with Gasteiger partial charge in [-0.05, 0) is 42.7 Å². The van der Waals surface area contributed by atoms with Crippen LogP contribution in [0.3, 0.4) is 0 Å². The number of aromatic hydroxyl groups is 1. The van der Waals surface area contributed by atoms with Crippen molar-refractivity contribution in [3.8, 4) is 17.2 Å². The number of rotatable bonds is 7. The molecule has 0 spiro atoms. The molecule has 142 valence electrons. The minimum atomic E-state index is -0.452. The third-order valence-electron chi connectivity index (χ3n) is 4.36. The van der Waals surface area contributed by atoms with E-state index < -0.39 is 5.63 Å². The highest BCUT2D eigenvalue weighted by atomic mass is 16.5. The van der Waals surface area contributed by atoms with Crippen LogP contribution in [0.15, 0.2) is 45.6 Å². The van der Waals surface area contributed by atoms with Gasteiger partial charge in [0, 0.05) is 35.8 Å². The molecule has 0 unspecified atom stereocenters. The van der Waals surface area contributed by atoms with Gasteiger partial charge in [-0.2, -0.15) is 0 Å². The van der Waals surface area contributed by atoms with E-state index in [-0.39, 0.29) is 5.75 Å². The Balaban J connectivity index is 1.92. The smallest absolute Gasteiger partial charge is 0.336 e. The average molecular weight is 369 g/mol. The maximum absolute atomic E-state index is 11.9. The summed E-state index contributed by atoms with van der Waals surface area (Å²) in [5.74, 6) is 1.45. The zero-order valence-corrected chi connectivity index (χ0v) is 15.7. The summed E-state index contributed by atoms with van der Waals surface area (Å²) in [6.07, 6.45) is 0.684. The minimum absolute atomic E-state index is 0.134. The van der Waals surface area contributed by atoms with E-state index in [0.29, 0.717) is 36.7 Å². The lowest BCUT2D eigenvalue weighted by molar-refractivity contribution is 0.311. The van der Waals surface area contributed by atoms with Crippen molar-refractivity contribution in [2.45, 2.75) is 26.8 Å². The molecule has 6 heteroatoms. The maximum atomic E-state index is 11.9. The Bertz CT molecular complexity index is 1010. The van der Waals surface area contributed by atoms with Crippen molar-refractivity contribution < 1.29 is 19.0 Å². The molecule has 0 atom stereocenters. The lowest BCUT2D eigenvalue weighted by Gasteiger charge is -2.13. The third kappa shape index (κ3) is 4.00. The van der Waals surface area contributed by atoms with E-state index >= 15 is 0 Å². The number of anilines is 1. The summed E-state index contributed by atoms with van der Waals surface area (Å²) >= 11 is 0. The average Bonchev–Trinajstić information content (AvgIpc) is 2.66. The molecule has 1 aromatic heterocycles. The van der Waals surface area contributed by atoms with Crippen LogP contribution in [0.5, 0.6) is 17.2 Å². The van der Waals surface area contributed by atoms with Gasteiger partial charge >= 0.3 is 5.63 Å². The second kappa shape index (κ2) is 8.03. The molecule has 27 heavy (non-hydrogen) atoms. The van der Waals surface area contributed by atoms with Crippen LogP contribution in [-0.2, 0) is 13.0 Å². The largest absolute Gasteiger partial charge is 0.508 e. The third-order valence-corrected chi connectivity index (χ3v) is 4.36. The Morgan fingerprint density at radius 2 is 1.89 bits per heavy atom. The minimum Gasteiger partial charge on any atom is -0.508 e. The lowest BCUT2D eigenvalue weighted by atomic mass is 10.0. The van der Waals surface area contributed by atoms with Gasteiger partial charge in [-0.3, -0.25) is 0 Å². The number of nitrogens with one attached hydrogen (secondary N) is 1. The van der Waals surface area contributed by atoms with E-state index in [9.17, 15) is 9.90 Å². The summed E-state index contributed by atoms with van der Waals surface area (Å²) in [7, 11) is 1.59. The molecule has 0 saturated carbocycles. The summed E-state index contributed by atoms with van der Waals surface area (Å²) in [6.45, 7) is 4.86. The standard InChI is InChI=1S/C21H23NO5/c1-4-13-8-16-14(9-21(24)27-19(16)11-17(13)23)12-22-15-6-7-18(26-5-2)20(10-15)25-3/h6-11,22-23H,4-5,12H2,1-3H3. The number of aryl methyl sites for hydroxylation is 1. The SMILES string of the molecule is CCOc1ccc(NCc2cc(=O)oc3cc(O)c(CC)cc23)cc1OC. The molecule has 0 aliphatic rings. The van der Waals surface area contributed by atoms with Crippen molar-refractivity contribution >= 4 is 16.7 Å². The molecule has 2 aromatic carbocycles. The van der Waals surface area contributed by atoms with Crippen LogP contribution in [0.25, 0.3) is 11.0 Å². The number of hydrogen-bond donors (Lipinski definition) is 2. The van der Waals surface area contributed by atoms with Crippen molar-refractivity contribution in [1.82, 2.24) is 0 Å². The van der Waals surface area contributed by atoms with Crippen LogP contribution in [0, 0.1) is 0 Å². The number of fused-ring (bicyclic) bond motifs is 1. The first kappa shape index (κ1) is 18.6. The fraction of sp³-hybridized carbons (Fsp3) is 0.286. The van der Waals surface area contributed by atoms with Gasteiger partial charge in [-0.1, -0.05) is 6.92 Å². The molecule has 0 aliphatic heterocycles. The van der Waals surface area contributed by atoms with Gasteiger partial charge in [0.1, 0.15) is 11.3 Å². The molecule has 0 radical (unpaired) electrons. The van der Waals surface area contributed by atoms with Crippen molar-refractivity contribution in [2.24, 2.45) is 0 Å². The highest BCUT2D eigenvalue weighted by Gasteiger charge is 2.11. The molecule has 3 rings (SSSR count). The summed E-state index contributed by atoms with van der Waals surface area (Å²) in [6, 6.07) is 10.4. The second-order valence-corrected chi connectivity index (χ2v) is 6.07. The molecule has 1 heterocycles. The molecular weight excluding hydrogens is 346 g/mol. The van der Waals surface area contributed by atoms with Crippen molar-refractivity contribution in [2.75, 3.05) is 19.0 Å². The van der Waals surface area contributed by atoms with Gasteiger partial charge < -0.3 is 24.3 Å². The molecule has 3 aromatic rings. The second-order valence-electron chi connectivity index (χ2n) is 6.07. The molecule has 0 saturated heterocycles. The van der Waals surface area contributed by atoms with Crippen LogP contribution in [0.1, 0.15) is 25.0 Å². The van der Waals surface area contributed by atoms with Crippen LogP contribution < -0.4 is 20.4 Å². The van der Waals surface area contributed by atoms with E-state index in [0.717, 1.165) is 22.2 Å². The van der Waals surface area contributed by atoms with Crippen molar-refractivity contribution in [1.29, 1.82) is 0 Å². The summed E-state index contributed by atoms with van der Waals surface area (Å²) in [5.41, 5.74) is 2.36. The van der Waals surface area contributed by atoms with E-state index in [1.807, 2.05) is 38.1 Å². The summed E-state index contributed by atoms with van der Waals surface area (Å²) < 4.78 is 16.1. The zero-order chi connectivity index (χ0) is 19.4. The van der Waals surface area contributed by atoms with E-state index in [1.54, 1.807) is 7.11 Å². The van der Waals surface area contributed by atoms with Crippen LogP contribution in [0.4, 0.5) is 5.69 Å². The van der Waals surface area contributed by atoms with Crippen LogP contribution in [-0.4, -0.2) is 18.8 Å². The molecule has 0 amide bonds. The summed E-state index contributed by atoms with van der Waals surface area (Å²) in [5, 5.41) is 14.1. The topological polar surface area (TPSA) is 80.9 Å². The Morgan fingerprint density at radius 1 is 1.07 bits per heavy atom. The highest BCUT2D eigenvalue weighted by molar-refractivity contribution is 5.83. The molecule has 0 aliphatic carbocycles. The lowest BCUT2D eigenvalue weighted by Crippen LogP contribution is -2.06. The monoisotopic (exact) mass is 369 g/mol. The van der Waals surface area contributed by atoms with Gasteiger partial charge in [0.15, 0.2) is 11.5 Å². The fourth-order valence-corrected chi connectivity index (χ4v) is 2.99. The fourth-order valence-electron chi connectivity index (χ4n) is 2.99.